The van der Waals surface area contributed by atoms with Crippen LogP contribution in [0.4, 0.5) is 0 Å². The fourth-order valence-corrected chi connectivity index (χ4v) is 2.66. The molecule has 0 aromatic carbocycles. The molecule has 0 radical (unpaired) electrons. The Morgan fingerprint density at radius 2 is 2.31 bits per heavy atom. The Morgan fingerprint density at radius 1 is 1.46 bits per heavy atom. The molecular formula is C8H12Cl2N2S. The molecule has 0 spiro atoms. The van der Waals surface area contributed by atoms with Gasteiger partial charge in [-0.2, -0.15) is 0 Å². The summed E-state index contributed by atoms with van der Waals surface area (Å²) in [6, 6.07) is 2.36. The molecule has 5 heteroatoms. The summed E-state index contributed by atoms with van der Waals surface area (Å²) >= 11 is 7.74. The largest absolute Gasteiger partial charge is 0.314 e. The molecule has 1 aromatic heterocycles. The van der Waals surface area contributed by atoms with E-state index < -0.39 is 0 Å². The number of hydrogen-bond acceptors (Lipinski definition) is 3. The van der Waals surface area contributed by atoms with Crippen LogP contribution in [0.15, 0.2) is 11.4 Å². The molecule has 2 heterocycles. The molecule has 0 aliphatic carbocycles. The molecule has 0 bridgehead atoms. The van der Waals surface area contributed by atoms with Gasteiger partial charge in [0.25, 0.3) is 0 Å². The lowest BCUT2D eigenvalue weighted by molar-refractivity contribution is 0.435. The maximum absolute atomic E-state index is 6.02. The van der Waals surface area contributed by atoms with Crippen molar-refractivity contribution in [2.45, 2.75) is 6.04 Å². The molecule has 74 valence electrons. The van der Waals surface area contributed by atoms with Gasteiger partial charge >= 0.3 is 0 Å². The molecule has 0 saturated carbocycles. The summed E-state index contributed by atoms with van der Waals surface area (Å²) in [5.41, 5.74) is 0. The molecule has 2 rings (SSSR count). The molecule has 2 N–H and O–H groups in total. The van der Waals surface area contributed by atoms with Crippen LogP contribution in [0.1, 0.15) is 10.9 Å². The fraction of sp³-hybridized carbons (Fsp3) is 0.500. The zero-order valence-electron chi connectivity index (χ0n) is 7.05. The van der Waals surface area contributed by atoms with E-state index in [9.17, 15) is 0 Å². The van der Waals surface area contributed by atoms with Crippen LogP contribution in [-0.4, -0.2) is 19.6 Å². The van der Waals surface area contributed by atoms with Crippen LogP contribution < -0.4 is 10.6 Å². The molecule has 1 aliphatic heterocycles. The van der Waals surface area contributed by atoms with Crippen LogP contribution >= 0.6 is 35.3 Å². The minimum atomic E-state index is 0. The first-order valence-electron chi connectivity index (χ1n) is 4.05. The van der Waals surface area contributed by atoms with Crippen LogP contribution in [0, 0.1) is 0 Å². The van der Waals surface area contributed by atoms with Gasteiger partial charge < -0.3 is 10.6 Å². The molecular weight excluding hydrogens is 227 g/mol. The molecule has 13 heavy (non-hydrogen) atoms. The molecule has 1 saturated heterocycles. The Hall–Kier alpha value is 0.200. The third-order valence-corrected chi connectivity index (χ3v) is 3.47. The van der Waals surface area contributed by atoms with Crippen molar-refractivity contribution < 1.29 is 0 Å². The van der Waals surface area contributed by atoms with E-state index in [0.29, 0.717) is 6.04 Å². The van der Waals surface area contributed by atoms with Crippen molar-refractivity contribution in [2.24, 2.45) is 0 Å². The average Bonchev–Trinajstić information content (AvgIpc) is 2.53. The van der Waals surface area contributed by atoms with E-state index in [1.54, 1.807) is 11.3 Å². The number of hydrogen-bond donors (Lipinski definition) is 2. The average molecular weight is 239 g/mol. The van der Waals surface area contributed by atoms with Gasteiger partial charge in [0.1, 0.15) is 0 Å². The summed E-state index contributed by atoms with van der Waals surface area (Å²) in [6.45, 7) is 3.07. The number of piperazine rings is 1. The van der Waals surface area contributed by atoms with Gasteiger partial charge in [0.2, 0.25) is 0 Å². The van der Waals surface area contributed by atoms with Gasteiger partial charge in [-0.1, -0.05) is 11.6 Å². The van der Waals surface area contributed by atoms with E-state index in [0.717, 1.165) is 24.7 Å². The monoisotopic (exact) mass is 238 g/mol. The van der Waals surface area contributed by atoms with Crippen molar-refractivity contribution >= 4 is 35.3 Å². The summed E-state index contributed by atoms with van der Waals surface area (Å²) in [6.07, 6.45) is 0. The smallest absolute Gasteiger partial charge is 0.0561 e. The van der Waals surface area contributed by atoms with E-state index in [1.807, 2.05) is 11.4 Å². The second kappa shape index (κ2) is 5.17. The van der Waals surface area contributed by atoms with Crippen LogP contribution in [0.2, 0.25) is 5.02 Å². The quantitative estimate of drug-likeness (QED) is 0.783. The second-order valence-corrected chi connectivity index (χ2v) is 4.20. The Morgan fingerprint density at radius 3 is 2.85 bits per heavy atom. The Labute approximate surface area is 93.1 Å². The molecule has 1 aromatic rings. The maximum Gasteiger partial charge on any atom is 0.0561 e. The predicted molar refractivity (Wildman–Crippen MR) is 60.2 cm³/mol. The van der Waals surface area contributed by atoms with Crippen LogP contribution in [0.5, 0.6) is 0 Å². The molecule has 1 aliphatic rings. The van der Waals surface area contributed by atoms with E-state index in [1.165, 1.54) is 4.88 Å². The van der Waals surface area contributed by atoms with E-state index >= 15 is 0 Å². The predicted octanol–water partition coefficient (Wildman–Crippen LogP) is 2.06. The highest BCUT2D eigenvalue weighted by Gasteiger charge is 2.17. The van der Waals surface area contributed by atoms with Crippen molar-refractivity contribution in [2.75, 3.05) is 19.6 Å². The molecule has 1 fully saturated rings. The summed E-state index contributed by atoms with van der Waals surface area (Å²) in [4.78, 5) is 1.25. The molecule has 0 amide bonds. The van der Waals surface area contributed by atoms with Gasteiger partial charge in [-0.05, 0) is 11.4 Å². The lowest BCUT2D eigenvalue weighted by Crippen LogP contribution is -2.42. The first-order chi connectivity index (χ1) is 5.88. The molecule has 0 unspecified atom stereocenters. The number of rotatable bonds is 1. The summed E-state index contributed by atoms with van der Waals surface area (Å²) in [5.74, 6) is 0. The summed E-state index contributed by atoms with van der Waals surface area (Å²) in [5, 5.41) is 9.69. The normalized spacial score (nSPS) is 22.4. The number of halogens is 2. The Bertz CT molecular complexity index is 258. The van der Waals surface area contributed by atoms with Gasteiger partial charge in [-0.25, -0.2) is 0 Å². The number of nitrogens with one attached hydrogen (secondary N) is 2. The lowest BCUT2D eigenvalue weighted by atomic mass is 10.2. The van der Waals surface area contributed by atoms with Crippen LogP contribution in [-0.2, 0) is 0 Å². The highest BCUT2D eigenvalue weighted by atomic mass is 35.5. The second-order valence-electron chi connectivity index (χ2n) is 2.84. The van der Waals surface area contributed by atoms with Gasteiger partial charge in [-0.15, -0.1) is 23.7 Å². The van der Waals surface area contributed by atoms with Gasteiger partial charge in [0.15, 0.2) is 0 Å². The Balaban J connectivity index is 0.000000845. The molecule has 1 atom stereocenters. The standard InChI is InChI=1S/C8H11ClN2S.ClH/c9-6-1-4-12-8(6)7-5-10-2-3-11-7;/h1,4,7,10-11H,2-3,5H2;1H/t7-;/m0./s1. The van der Waals surface area contributed by atoms with Crippen molar-refractivity contribution in [1.82, 2.24) is 10.6 Å². The minimum Gasteiger partial charge on any atom is -0.314 e. The third-order valence-electron chi connectivity index (χ3n) is 2.00. The summed E-state index contributed by atoms with van der Waals surface area (Å²) < 4.78 is 0. The maximum atomic E-state index is 6.02. The van der Waals surface area contributed by atoms with Crippen LogP contribution in [0.3, 0.4) is 0 Å². The van der Waals surface area contributed by atoms with Crippen molar-refractivity contribution in [3.63, 3.8) is 0 Å². The van der Waals surface area contributed by atoms with Gasteiger partial charge in [0.05, 0.1) is 11.1 Å². The first kappa shape index (κ1) is 11.3. The highest BCUT2D eigenvalue weighted by Crippen LogP contribution is 2.28. The highest BCUT2D eigenvalue weighted by molar-refractivity contribution is 7.10. The molecule has 2 nitrogen and oxygen atoms in total. The zero-order valence-corrected chi connectivity index (χ0v) is 9.44. The minimum absolute atomic E-state index is 0. The van der Waals surface area contributed by atoms with Crippen molar-refractivity contribution in [3.05, 3.63) is 21.3 Å². The lowest BCUT2D eigenvalue weighted by Gasteiger charge is -2.23. The zero-order chi connectivity index (χ0) is 8.39. The van der Waals surface area contributed by atoms with E-state index in [-0.39, 0.29) is 12.4 Å². The van der Waals surface area contributed by atoms with Crippen LogP contribution in [0.25, 0.3) is 0 Å². The van der Waals surface area contributed by atoms with Gasteiger partial charge in [-0.3, -0.25) is 0 Å². The van der Waals surface area contributed by atoms with Crippen molar-refractivity contribution in [1.29, 1.82) is 0 Å². The van der Waals surface area contributed by atoms with E-state index in [4.69, 9.17) is 11.6 Å². The third kappa shape index (κ3) is 2.58. The van der Waals surface area contributed by atoms with Crippen molar-refractivity contribution in [3.8, 4) is 0 Å². The fourth-order valence-electron chi connectivity index (χ4n) is 1.39. The van der Waals surface area contributed by atoms with Gasteiger partial charge in [0, 0.05) is 24.5 Å². The Kier molecular flexibility index (Phi) is 4.49. The SMILES string of the molecule is Cl.Clc1ccsc1[C@@H]1CNCCN1. The number of thiophene rings is 1. The summed E-state index contributed by atoms with van der Waals surface area (Å²) in [7, 11) is 0. The first-order valence-corrected chi connectivity index (χ1v) is 5.30. The van der Waals surface area contributed by atoms with E-state index in [2.05, 4.69) is 10.6 Å². The topological polar surface area (TPSA) is 24.1 Å².